The van der Waals surface area contributed by atoms with Crippen LogP contribution in [0.3, 0.4) is 0 Å². The molecule has 0 bridgehead atoms. The molecule has 0 atom stereocenters. The van der Waals surface area contributed by atoms with E-state index < -0.39 is 0 Å². The maximum atomic E-state index is 11.6. The standard InChI is InChI=1S/C18H27N5O/c1-3-10-20-17(24)9-12-22-18(19-2)21-11-8-14-13-23-16-7-5-4-6-15(14)16/h4-7,13,23H,3,8-12H2,1-2H3,(H,20,24)(H2,19,21,22). The third-order valence-corrected chi connectivity index (χ3v) is 3.80. The summed E-state index contributed by atoms with van der Waals surface area (Å²) in [5, 5.41) is 10.6. The SMILES string of the molecule is CCCNC(=O)CCNC(=NC)NCCc1c[nH]c2ccccc12. The van der Waals surface area contributed by atoms with E-state index in [0.29, 0.717) is 13.0 Å². The molecule has 2 aromatic rings. The zero-order chi connectivity index (χ0) is 17.2. The van der Waals surface area contributed by atoms with Crippen LogP contribution in [0.15, 0.2) is 35.5 Å². The normalized spacial score (nSPS) is 11.5. The molecular formula is C18H27N5O. The Morgan fingerprint density at radius 1 is 1.12 bits per heavy atom. The number of aromatic nitrogens is 1. The topological polar surface area (TPSA) is 81.3 Å². The van der Waals surface area contributed by atoms with Crippen molar-refractivity contribution in [1.82, 2.24) is 20.9 Å². The van der Waals surface area contributed by atoms with Gasteiger partial charge in [-0.25, -0.2) is 0 Å². The minimum Gasteiger partial charge on any atom is -0.361 e. The lowest BCUT2D eigenvalue weighted by molar-refractivity contribution is -0.120. The zero-order valence-electron chi connectivity index (χ0n) is 14.5. The first-order valence-corrected chi connectivity index (χ1v) is 8.50. The van der Waals surface area contributed by atoms with Gasteiger partial charge in [0.25, 0.3) is 0 Å². The van der Waals surface area contributed by atoms with Crippen LogP contribution in [0.2, 0.25) is 0 Å². The summed E-state index contributed by atoms with van der Waals surface area (Å²) < 4.78 is 0. The highest BCUT2D eigenvalue weighted by molar-refractivity contribution is 5.83. The third kappa shape index (κ3) is 5.30. The summed E-state index contributed by atoms with van der Waals surface area (Å²) in [5.41, 5.74) is 2.44. The van der Waals surface area contributed by atoms with Gasteiger partial charge in [0.15, 0.2) is 5.96 Å². The van der Waals surface area contributed by atoms with Gasteiger partial charge >= 0.3 is 0 Å². The molecule has 1 heterocycles. The summed E-state index contributed by atoms with van der Waals surface area (Å²) in [6.07, 6.45) is 4.36. The molecule has 0 fully saturated rings. The molecule has 24 heavy (non-hydrogen) atoms. The number of nitrogens with one attached hydrogen (secondary N) is 4. The number of nitrogens with zero attached hydrogens (tertiary/aromatic N) is 1. The van der Waals surface area contributed by atoms with E-state index in [-0.39, 0.29) is 5.91 Å². The molecule has 1 aromatic carbocycles. The quantitative estimate of drug-likeness (QED) is 0.440. The van der Waals surface area contributed by atoms with Gasteiger partial charge in [0, 0.05) is 50.2 Å². The van der Waals surface area contributed by atoms with Crippen molar-refractivity contribution in [3.63, 3.8) is 0 Å². The fourth-order valence-electron chi connectivity index (χ4n) is 2.52. The maximum Gasteiger partial charge on any atom is 0.221 e. The third-order valence-electron chi connectivity index (χ3n) is 3.80. The van der Waals surface area contributed by atoms with Crippen molar-refractivity contribution in [1.29, 1.82) is 0 Å². The molecule has 0 radical (unpaired) electrons. The number of rotatable bonds is 8. The second-order valence-corrected chi connectivity index (χ2v) is 5.64. The first-order chi connectivity index (χ1) is 11.7. The predicted octanol–water partition coefficient (Wildman–Crippen LogP) is 1.79. The van der Waals surface area contributed by atoms with Crippen LogP contribution in [0.5, 0.6) is 0 Å². The highest BCUT2D eigenvalue weighted by Crippen LogP contribution is 2.17. The molecule has 0 aliphatic heterocycles. The molecule has 0 spiro atoms. The first-order valence-electron chi connectivity index (χ1n) is 8.50. The van der Waals surface area contributed by atoms with E-state index in [0.717, 1.165) is 37.4 Å². The van der Waals surface area contributed by atoms with E-state index >= 15 is 0 Å². The Morgan fingerprint density at radius 3 is 2.71 bits per heavy atom. The number of aromatic amines is 1. The summed E-state index contributed by atoms with van der Waals surface area (Å²) >= 11 is 0. The lowest BCUT2D eigenvalue weighted by Crippen LogP contribution is -2.40. The van der Waals surface area contributed by atoms with Crippen LogP contribution in [-0.4, -0.2) is 43.5 Å². The Kier molecular flexibility index (Phi) is 7.14. The molecule has 130 valence electrons. The van der Waals surface area contributed by atoms with Crippen molar-refractivity contribution < 1.29 is 4.79 Å². The second kappa shape index (κ2) is 9.60. The number of H-pyrrole nitrogens is 1. The molecule has 1 amide bonds. The lowest BCUT2D eigenvalue weighted by atomic mass is 10.1. The largest absolute Gasteiger partial charge is 0.361 e. The first kappa shape index (κ1) is 17.8. The monoisotopic (exact) mass is 329 g/mol. The van der Waals surface area contributed by atoms with Crippen molar-refractivity contribution in [2.45, 2.75) is 26.2 Å². The van der Waals surface area contributed by atoms with E-state index in [4.69, 9.17) is 0 Å². The number of fused-ring (bicyclic) bond motifs is 1. The van der Waals surface area contributed by atoms with Crippen LogP contribution in [0.25, 0.3) is 10.9 Å². The highest BCUT2D eigenvalue weighted by Gasteiger charge is 2.04. The van der Waals surface area contributed by atoms with Gasteiger partial charge in [-0.2, -0.15) is 0 Å². The average molecular weight is 329 g/mol. The predicted molar refractivity (Wildman–Crippen MR) is 99.3 cm³/mol. The summed E-state index contributed by atoms with van der Waals surface area (Å²) in [6.45, 7) is 4.13. The van der Waals surface area contributed by atoms with Gasteiger partial charge in [-0.15, -0.1) is 0 Å². The molecule has 1 aromatic heterocycles. The molecule has 0 aliphatic carbocycles. The van der Waals surface area contributed by atoms with Crippen LogP contribution < -0.4 is 16.0 Å². The molecule has 6 nitrogen and oxygen atoms in total. The number of carbonyl (C=O) groups excluding carboxylic acids is 1. The summed E-state index contributed by atoms with van der Waals surface area (Å²) in [4.78, 5) is 19.0. The smallest absolute Gasteiger partial charge is 0.221 e. The molecule has 4 N–H and O–H groups in total. The highest BCUT2D eigenvalue weighted by atomic mass is 16.1. The number of para-hydroxylation sites is 1. The van der Waals surface area contributed by atoms with E-state index in [1.165, 1.54) is 10.9 Å². The number of hydrogen-bond donors (Lipinski definition) is 4. The van der Waals surface area contributed by atoms with Gasteiger partial charge in [0.1, 0.15) is 0 Å². The van der Waals surface area contributed by atoms with Crippen LogP contribution >= 0.6 is 0 Å². The molecule has 2 rings (SSSR count). The van der Waals surface area contributed by atoms with E-state index in [1.807, 2.05) is 13.0 Å². The molecule has 0 saturated carbocycles. The Hall–Kier alpha value is -2.50. The van der Waals surface area contributed by atoms with Gasteiger partial charge in [0.2, 0.25) is 5.91 Å². The molecule has 0 saturated heterocycles. The summed E-state index contributed by atoms with van der Waals surface area (Å²) in [6, 6.07) is 8.29. The number of amides is 1. The van der Waals surface area contributed by atoms with Crippen molar-refractivity contribution >= 4 is 22.8 Å². The maximum absolute atomic E-state index is 11.6. The lowest BCUT2D eigenvalue weighted by Gasteiger charge is -2.11. The molecular weight excluding hydrogens is 302 g/mol. The van der Waals surface area contributed by atoms with Crippen LogP contribution in [0.1, 0.15) is 25.3 Å². The molecule has 0 aliphatic rings. The van der Waals surface area contributed by atoms with Crippen molar-refractivity contribution in [2.75, 3.05) is 26.7 Å². The van der Waals surface area contributed by atoms with E-state index in [1.54, 1.807) is 7.05 Å². The Morgan fingerprint density at radius 2 is 1.92 bits per heavy atom. The Bertz CT molecular complexity index is 677. The Labute approximate surface area is 143 Å². The van der Waals surface area contributed by atoms with Gasteiger partial charge in [-0.05, 0) is 24.5 Å². The van der Waals surface area contributed by atoms with Gasteiger partial charge < -0.3 is 20.9 Å². The minimum absolute atomic E-state index is 0.0681. The second-order valence-electron chi connectivity index (χ2n) is 5.64. The van der Waals surface area contributed by atoms with Crippen molar-refractivity contribution in [3.05, 3.63) is 36.0 Å². The van der Waals surface area contributed by atoms with Crippen LogP contribution in [0, 0.1) is 0 Å². The fraction of sp³-hybridized carbons (Fsp3) is 0.444. The Balaban J connectivity index is 1.71. The van der Waals surface area contributed by atoms with E-state index in [9.17, 15) is 4.79 Å². The van der Waals surface area contributed by atoms with Crippen molar-refractivity contribution in [2.24, 2.45) is 4.99 Å². The van der Waals surface area contributed by atoms with Gasteiger partial charge in [0.05, 0.1) is 0 Å². The molecule has 6 heteroatoms. The number of benzene rings is 1. The average Bonchev–Trinajstić information content (AvgIpc) is 3.02. The molecule has 0 unspecified atom stereocenters. The van der Waals surface area contributed by atoms with E-state index in [2.05, 4.69) is 50.3 Å². The number of guanidine groups is 1. The zero-order valence-corrected chi connectivity index (χ0v) is 14.5. The van der Waals surface area contributed by atoms with Crippen LogP contribution in [-0.2, 0) is 11.2 Å². The fourth-order valence-corrected chi connectivity index (χ4v) is 2.52. The number of hydrogen-bond acceptors (Lipinski definition) is 2. The van der Waals surface area contributed by atoms with Gasteiger partial charge in [-0.1, -0.05) is 25.1 Å². The minimum atomic E-state index is 0.0681. The summed E-state index contributed by atoms with van der Waals surface area (Å²) in [5.74, 6) is 0.789. The summed E-state index contributed by atoms with van der Waals surface area (Å²) in [7, 11) is 1.73. The van der Waals surface area contributed by atoms with Gasteiger partial charge in [-0.3, -0.25) is 9.79 Å². The number of aliphatic imine (C=N–C) groups is 1. The van der Waals surface area contributed by atoms with Crippen molar-refractivity contribution in [3.8, 4) is 0 Å². The number of carbonyl (C=O) groups is 1. The van der Waals surface area contributed by atoms with Crippen LogP contribution in [0.4, 0.5) is 0 Å².